The third-order valence-corrected chi connectivity index (χ3v) is 1.62. The Morgan fingerprint density at radius 1 is 1.40 bits per heavy atom. The fourth-order valence-corrected chi connectivity index (χ4v) is 0.858. The van der Waals surface area contributed by atoms with E-state index in [2.05, 4.69) is 4.98 Å². The predicted octanol–water partition coefficient (Wildman–Crippen LogP) is 0.893. The molecule has 0 unspecified atom stereocenters. The molecule has 1 rings (SSSR count). The van der Waals surface area contributed by atoms with E-state index in [0.29, 0.717) is 30.9 Å². The molecule has 0 bridgehead atoms. The molecule has 0 N–H and O–H groups in total. The van der Waals surface area contributed by atoms with Crippen molar-refractivity contribution in [2.24, 2.45) is 0 Å². The van der Waals surface area contributed by atoms with E-state index in [1.165, 1.54) is 6.20 Å². The maximum atomic E-state index is 10.3. The number of nitrogens with zero attached hydrogens (tertiary/aromatic N) is 1. The van der Waals surface area contributed by atoms with E-state index in [9.17, 15) is 4.79 Å². The number of ether oxygens (including phenoxy) is 3. The highest BCUT2D eigenvalue weighted by Crippen LogP contribution is 2.07. The normalized spacial score (nSPS) is 9.93. The highest BCUT2D eigenvalue weighted by molar-refractivity contribution is 5.71. The molecular weight excluding hydrogens is 198 g/mol. The summed E-state index contributed by atoms with van der Waals surface area (Å²) in [4.78, 5) is 14.1. The molecule has 0 amide bonds. The lowest BCUT2D eigenvalue weighted by molar-refractivity contribution is -0.00862. The van der Waals surface area contributed by atoms with Gasteiger partial charge in [0, 0.05) is 7.11 Å². The number of methoxy groups -OCH3 is 1. The molecule has 0 atom stereocenters. The van der Waals surface area contributed by atoms with Gasteiger partial charge in [0.05, 0.1) is 19.4 Å². The van der Waals surface area contributed by atoms with E-state index in [1.807, 2.05) is 0 Å². The van der Waals surface area contributed by atoms with Crippen molar-refractivity contribution in [2.45, 2.75) is 0 Å². The molecule has 1 aromatic rings. The lowest BCUT2D eigenvalue weighted by atomic mass is 10.4. The standard InChI is InChI=1S/C10H13NO4/c1-13-4-5-14-8-15-10-3-2-9(7-12)11-6-10/h2-3,6-7H,4-5,8H2,1H3. The molecule has 0 spiro atoms. The summed E-state index contributed by atoms with van der Waals surface area (Å²) in [6.45, 7) is 1.16. The first kappa shape index (κ1) is 11.6. The molecular formula is C10H13NO4. The van der Waals surface area contributed by atoms with Crippen molar-refractivity contribution >= 4 is 6.29 Å². The topological polar surface area (TPSA) is 57.7 Å². The van der Waals surface area contributed by atoms with Gasteiger partial charge in [-0.15, -0.1) is 0 Å². The summed E-state index contributed by atoms with van der Waals surface area (Å²) in [6, 6.07) is 3.24. The monoisotopic (exact) mass is 211 g/mol. The fraction of sp³-hybridized carbons (Fsp3) is 0.400. The minimum Gasteiger partial charge on any atom is -0.466 e. The second-order valence-electron chi connectivity index (χ2n) is 2.70. The molecule has 0 radical (unpaired) electrons. The highest BCUT2D eigenvalue weighted by Gasteiger charge is 1.95. The Morgan fingerprint density at radius 3 is 2.87 bits per heavy atom. The molecule has 0 aliphatic heterocycles. The van der Waals surface area contributed by atoms with Crippen LogP contribution in [0.15, 0.2) is 18.3 Å². The van der Waals surface area contributed by atoms with Gasteiger partial charge in [0.25, 0.3) is 0 Å². The van der Waals surface area contributed by atoms with Gasteiger partial charge in [-0.3, -0.25) is 4.79 Å². The van der Waals surface area contributed by atoms with Gasteiger partial charge in [-0.05, 0) is 12.1 Å². The Balaban J connectivity index is 2.22. The Labute approximate surface area is 88.0 Å². The van der Waals surface area contributed by atoms with Crippen molar-refractivity contribution in [1.29, 1.82) is 0 Å². The Morgan fingerprint density at radius 2 is 2.27 bits per heavy atom. The fourth-order valence-electron chi connectivity index (χ4n) is 0.858. The van der Waals surface area contributed by atoms with Crippen LogP contribution in [0.5, 0.6) is 5.75 Å². The number of carbonyl (C=O) groups excluding carboxylic acids is 1. The number of rotatable bonds is 7. The van der Waals surface area contributed by atoms with Gasteiger partial charge in [0.1, 0.15) is 11.4 Å². The summed E-state index contributed by atoms with van der Waals surface area (Å²) in [7, 11) is 1.60. The second kappa shape index (κ2) is 6.92. The van der Waals surface area contributed by atoms with E-state index in [1.54, 1.807) is 19.2 Å². The summed E-state index contributed by atoms with van der Waals surface area (Å²) in [5, 5.41) is 0. The summed E-state index contributed by atoms with van der Waals surface area (Å²) in [5.74, 6) is 0.568. The Hall–Kier alpha value is -1.46. The predicted molar refractivity (Wildman–Crippen MR) is 52.9 cm³/mol. The Kier molecular flexibility index (Phi) is 5.35. The van der Waals surface area contributed by atoms with Crippen molar-refractivity contribution in [3.8, 4) is 5.75 Å². The highest BCUT2D eigenvalue weighted by atomic mass is 16.7. The zero-order chi connectivity index (χ0) is 10.9. The average molecular weight is 211 g/mol. The smallest absolute Gasteiger partial charge is 0.189 e. The maximum absolute atomic E-state index is 10.3. The van der Waals surface area contributed by atoms with Gasteiger partial charge < -0.3 is 14.2 Å². The van der Waals surface area contributed by atoms with Crippen LogP contribution in [0, 0.1) is 0 Å². The van der Waals surface area contributed by atoms with E-state index in [4.69, 9.17) is 14.2 Å². The summed E-state index contributed by atoms with van der Waals surface area (Å²) < 4.78 is 15.1. The van der Waals surface area contributed by atoms with Crippen LogP contribution in [0.1, 0.15) is 10.5 Å². The van der Waals surface area contributed by atoms with Crippen LogP contribution in [0.2, 0.25) is 0 Å². The van der Waals surface area contributed by atoms with Crippen LogP contribution >= 0.6 is 0 Å². The van der Waals surface area contributed by atoms with Gasteiger partial charge in [-0.25, -0.2) is 4.98 Å². The summed E-state index contributed by atoms with van der Waals surface area (Å²) in [6.07, 6.45) is 2.16. The molecule has 0 aliphatic carbocycles. The third-order valence-electron chi connectivity index (χ3n) is 1.62. The van der Waals surface area contributed by atoms with Crippen molar-refractivity contribution in [3.05, 3.63) is 24.0 Å². The molecule has 5 nitrogen and oxygen atoms in total. The van der Waals surface area contributed by atoms with Gasteiger partial charge in [0.15, 0.2) is 13.1 Å². The largest absolute Gasteiger partial charge is 0.466 e. The van der Waals surface area contributed by atoms with Crippen LogP contribution in [0.25, 0.3) is 0 Å². The van der Waals surface area contributed by atoms with E-state index in [-0.39, 0.29) is 6.79 Å². The minimum atomic E-state index is 0.144. The lowest BCUT2D eigenvalue weighted by Crippen LogP contribution is -2.07. The number of hydrogen-bond acceptors (Lipinski definition) is 5. The van der Waals surface area contributed by atoms with Crippen molar-refractivity contribution in [3.63, 3.8) is 0 Å². The molecule has 0 fully saturated rings. The lowest BCUT2D eigenvalue weighted by Gasteiger charge is -2.06. The van der Waals surface area contributed by atoms with Crippen LogP contribution in [-0.2, 0) is 9.47 Å². The second-order valence-corrected chi connectivity index (χ2v) is 2.70. The SMILES string of the molecule is COCCOCOc1ccc(C=O)nc1. The Bertz CT molecular complexity index is 286. The molecule has 0 aromatic carbocycles. The molecule has 0 saturated heterocycles. The van der Waals surface area contributed by atoms with Crippen LogP contribution in [0.4, 0.5) is 0 Å². The minimum absolute atomic E-state index is 0.144. The maximum Gasteiger partial charge on any atom is 0.189 e. The third kappa shape index (κ3) is 4.53. The molecule has 1 aromatic heterocycles. The number of pyridine rings is 1. The van der Waals surface area contributed by atoms with Gasteiger partial charge >= 0.3 is 0 Å². The quantitative estimate of drug-likeness (QED) is 0.381. The molecule has 82 valence electrons. The molecule has 15 heavy (non-hydrogen) atoms. The van der Waals surface area contributed by atoms with E-state index in [0.717, 1.165) is 0 Å². The molecule has 1 heterocycles. The molecule has 5 heteroatoms. The number of carbonyl (C=O) groups is 1. The molecule has 0 aliphatic rings. The van der Waals surface area contributed by atoms with Crippen LogP contribution in [0.3, 0.4) is 0 Å². The van der Waals surface area contributed by atoms with Gasteiger partial charge in [-0.1, -0.05) is 0 Å². The first-order chi connectivity index (χ1) is 7.36. The summed E-state index contributed by atoms with van der Waals surface area (Å²) >= 11 is 0. The zero-order valence-corrected chi connectivity index (χ0v) is 8.51. The van der Waals surface area contributed by atoms with Crippen LogP contribution < -0.4 is 4.74 Å². The zero-order valence-electron chi connectivity index (χ0n) is 8.51. The van der Waals surface area contributed by atoms with Crippen molar-refractivity contribution in [1.82, 2.24) is 4.98 Å². The molecule has 0 saturated carbocycles. The number of aromatic nitrogens is 1. The average Bonchev–Trinajstić information content (AvgIpc) is 2.30. The number of hydrogen-bond donors (Lipinski definition) is 0. The van der Waals surface area contributed by atoms with Crippen molar-refractivity contribution in [2.75, 3.05) is 27.1 Å². The summed E-state index contributed by atoms with van der Waals surface area (Å²) in [5.41, 5.74) is 0.377. The first-order valence-electron chi connectivity index (χ1n) is 4.47. The van der Waals surface area contributed by atoms with E-state index < -0.39 is 0 Å². The van der Waals surface area contributed by atoms with Gasteiger partial charge in [-0.2, -0.15) is 0 Å². The number of aldehydes is 1. The van der Waals surface area contributed by atoms with E-state index >= 15 is 0 Å². The van der Waals surface area contributed by atoms with Gasteiger partial charge in [0.2, 0.25) is 0 Å². The first-order valence-corrected chi connectivity index (χ1v) is 4.47. The van der Waals surface area contributed by atoms with Crippen LogP contribution in [-0.4, -0.2) is 38.4 Å². The van der Waals surface area contributed by atoms with Crippen molar-refractivity contribution < 1.29 is 19.0 Å².